The van der Waals surface area contributed by atoms with E-state index >= 15 is 0 Å². The molecule has 0 bridgehead atoms. The van der Waals surface area contributed by atoms with E-state index in [0.717, 1.165) is 16.2 Å². The van der Waals surface area contributed by atoms with Gasteiger partial charge in [-0.25, -0.2) is 5.01 Å². The Kier molecular flexibility index (Phi) is 7.36. The highest BCUT2D eigenvalue weighted by molar-refractivity contribution is 7.12. The van der Waals surface area contributed by atoms with Crippen molar-refractivity contribution < 1.29 is 14.3 Å². The second-order valence-electron chi connectivity index (χ2n) is 7.23. The molecule has 0 aliphatic carbocycles. The molecule has 0 saturated heterocycles. The predicted molar refractivity (Wildman–Crippen MR) is 129 cm³/mol. The first-order valence-corrected chi connectivity index (χ1v) is 12.2. The third-order valence-electron chi connectivity index (χ3n) is 5.14. The molecule has 1 aromatic carbocycles. The molecule has 1 aliphatic heterocycles. The lowest BCUT2D eigenvalue weighted by Gasteiger charge is -2.26. The van der Waals surface area contributed by atoms with Crippen LogP contribution in [0.3, 0.4) is 0 Å². The minimum absolute atomic E-state index is 0.0780. The van der Waals surface area contributed by atoms with Gasteiger partial charge in [0.05, 0.1) is 28.1 Å². The second kappa shape index (κ2) is 10.4. The molecular weight excluding hydrogens is 466 g/mol. The van der Waals surface area contributed by atoms with Crippen LogP contribution in [0.15, 0.2) is 64.4 Å². The summed E-state index contributed by atoms with van der Waals surface area (Å²) in [5.74, 6) is -0.424. The van der Waals surface area contributed by atoms with Crippen molar-refractivity contribution in [2.75, 3.05) is 26.8 Å². The van der Waals surface area contributed by atoms with Gasteiger partial charge in [0.1, 0.15) is 6.54 Å². The average molecular weight is 488 g/mol. The largest absolute Gasteiger partial charge is 0.383 e. The van der Waals surface area contributed by atoms with E-state index in [1.807, 2.05) is 53.2 Å². The standard InChI is InChI=1S/C23H22ClN3O3S2/c1-30-11-10-26(23(29)21-5-3-13-32-21)15-22(28)27-19(16-6-8-17(24)9-7-16)14-18(25-27)20-4-2-12-31-20/h2-9,12-13,19H,10-11,14-15H2,1H3/t19-/m0/s1. The van der Waals surface area contributed by atoms with Crippen LogP contribution in [-0.4, -0.2) is 54.2 Å². The number of nitrogens with zero attached hydrogens (tertiary/aromatic N) is 3. The molecule has 6 nitrogen and oxygen atoms in total. The maximum atomic E-state index is 13.4. The Hall–Kier alpha value is -2.52. The lowest BCUT2D eigenvalue weighted by Crippen LogP contribution is -2.42. The van der Waals surface area contributed by atoms with Crippen LogP contribution in [0.2, 0.25) is 5.02 Å². The Balaban J connectivity index is 1.59. The Morgan fingerprint density at radius 1 is 1.16 bits per heavy atom. The normalized spacial score (nSPS) is 15.6. The summed E-state index contributed by atoms with van der Waals surface area (Å²) in [4.78, 5) is 29.5. The number of benzene rings is 1. The molecule has 1 aliphatic rings. The molecule has 0 unspecified atom stereocenters. The number of hydrazone groups is 1. The van der Waals surface area contributed by atoms with Gasteiger partial charge < -0.3 is 9.64 Å². The SMILES string of the molecule is COCCN(CC(=O)N1N=C(c2cccs2)C[C@H]1c1ccc(Cl)cc1)C(=O)c1cccs1. The van der Waals surface area contributed by atoms with Gasteiger partial charge in [0, 0.05) is 25.1 Å². The fraction of sp³-hybridized carbons (Fsp3) is 0.261. The monoisotopic (exact) mass is 487 g/mol. The first-order valence-electron chi connectivity index (χ1n) is 10.1. The number of halogens is 1. The van der Waals surface area contributed by atoms with E-state index in [4.69, 9.17) is 16.3 Å². The van der Waals surface area contributed by atoms with Crippen molar-refractivity contribution in [3.63, 3.8) is 0 Å². The molecule has 0 fully saturated rings. The van der Waals surface area contributed by atoms with Gasteiger partial charge in [0.25, 0.3) is 11.8 Å². The molecule has 4 rings (SSSR count). The summed E-state index contributed by atoms with van der Waals surface area (Å²) in [6.45, 7) is 0.583. The summed E-state index contributed by atoms with van der Waals surface area (Å²) in [7, 11) is 1.57. The van der Waals surface area contributed by atoms with Crippen LogP contribution >= 0.6 is 34.3 Å². The van der Waals surface area contributed by atoms with E-state index in [-0.39, 0.29) is 24.4 Å². The molecular formula is C23H22ClN3O3S2. The van der Waals surface area contributed by atoms with Crippen LogP contribution in [-0.2, 0) is 9.53 Å². The van der Waals surface area contributed by atoms with Gasteiger partial charge in [-0.05, 0) is 40.6 Å². The summed E-state index contributed by atoms with van der Waals surface area (Å²) >= 11 is 9.01. The van der Waals surface area contributed by atoms with E-state index in [0.29, 0.717) is 29.5 Å². The summed E-state index contributed by atoms with van der Waals surface area (Å²) in [5, 5.41) is 10.7. The number of ether oxygens (including phenoxy) is 1. The van der Waals surface area contributed by atoms with Gasteiger partial charge >= 0.3 is 0 Å². The van der Waals surface area contributed by atoms with Crippen molar-refractivity contribution in [2.45, 2.75) is 12.5 Å². The molecule has 9 heteroatoms. The van der Waals surface area contributed by atoms with E-state index in [1.165, 1.54) is 21.2 Å². The van der Waals surface area contributed by atoms with Crippen molar-refractivity contribution in [3.05, 3.63) is 79.6 Å². The maximum Gasteiger partial charge on any atom is 0.264 e. The van der Waals surface area contributed by atoms with Crippen molar-refractivity contribution in [2.24, 2.45) is 5.10 Å². The van der Waals surface area contributed by atoms with Crippen LogP contribution in [0.4, 0.5) is 0 Å². The summed E-state index contributed by atoms with van der Waals surface area (Å²) < 4.78 is 5.16. The number of thiophene rings is 2. The molecule has 32 heavy (non-hydrogen) atoms. The highest BCUT2D eigenvalue weighted by atomic mass is 35.5. The first kappa shape index (κ1) is 22.7. The van der Waals surface area contributed by atoms with Crippen LogP contribution in [0.1, 0.15) is 32.6 Å². The van der Waals surface area contributed by atoms with Crippen molar-refractivity contribution in [3.8, 4) is 0 Å². The molecule has 0 N–H and O–H groups in total. The number of rotatable bonds is 8. The number of hydrogen-bond donors (Lipinski definition) is 0. The number of carbonyl (C=O) groups is 2. The fourth-order valence-corrected chi connectivity index (χ4v) is 5.06. The third kappa shape index (κ3) is 5.10. The van der Waals surface area contributed by atoms with Gasteiger partial charge in [-0.3, -0.25) is 9.59 Å². The topological polar surface area (TPSA) is 62.2 Å². The Morgan fingerprint density at radius 2 is 1.91 bits per heavy atom. The van der Waals surface area contributed by atoms with Crippen molar-refractivity contribution >= 4 is 51.8 Å². The van der Waals surface area contributed by atoms with Crippen LogP contribution in [0.5, 0.6) is 0 Å². The van der Waals surface area contributed by atoms with E-state index in [1.54, 1.807) is 24.5 Å². The van der Waals surface area contributed by atoms with Gasteiger partial charge in [-0.2, -0.15) is 5.10 Å². The number of methoxy groups -OCH3 is 1. The summed E-state index contributed by atoms with van der Waals surface area (Å²) in [6, 6.07) is 14.8. The molecule has 0 radical (unpaired) electrons. The molecule has 1 atom stereocenters. The van der Waals surface area contributed by atoms with Crippen molar-refractivity contribution in [1.82, 2.24) is 9.91 Å². The van der Waals surface area contributed by atoms with E-state index < -0.39 is 0 Å². The Bertz CT molecular complexity index is 1080. The molecule has 2 amide bonds. The average Bonchev–Trinajstić information content (AvgIpc) is 3.57. The smallest absolute Gasteiger partial charge is 0.264 e. The number of carbonyl (C=O) groups excluding carboxylic acids is 2. The van der Waals surface area contributed by atoms with Gasteiger partial charge in [0.15, 0.2) is 0 Å². The van der Waals surface area contributed by atoms with Gasteiger partial charge in [-0.15, -0.1) is 22.7 Å². The Labute approximate surface area is 199 Å². The fourth-order valence-electron chi connectivity index (χ4n) is 3.52. The zero-order chi connectivity index (χ0) is 22.5. The van der Waals surface area contributed by atoms with Crippen molar-refractivity contribution in [1.29, 1.82) is 0 Å². The molecule has 3 heterocycles. The van der Waals surface area contributed by atoms with Crippen LogP contribution < -0.4 is 0 Å². The van der Waals surface area contributed by atoms with Crippen LogP contribution in [0.25, 0.3) is 0 Å². The second-order valence-corrected chi connectivity index (χ2v) is 9.56. The maximum absolute atomic E-state index is 13.4. The zero-order valence-corrected chi connectivity index (χ0v) is 19.8. The lowest BCUT2D eigenvalue weighted by molar-refractivity contribution is -0.133. The van der Waals surface area contributed by atoms with Gasteiger partial charge in [-0.1, -0.05) is 35.9 Å². The van der Waals surface area contributed by atoms with E-state index in [9.17, 15) is 9.59 Å². The van der Waals surface area contributed by atoms with E-state index in [2.05, 4.69) is 5.10 Å². The number of hydrogen-bond acceptors (Lipinski definition) is 6. The molecule has 166 valence electrons. The minimum atomic E-state index is -0.252. The van der Waals surface area contributed by atoms with Crippen LogP contribution in [0, 0.1) is 0 Å². The Morgan fingerprint density at radius 3 is 2.56 bits per heavy atom. The first-order chi connectivity index (χ1) is 15.6. The van der Waals surface area contributed by atoms with Gasteiger partial charge in [0.2, 0.25) is 0 Å². The quantitative estimate of drug-likeness (QED) is 0.452. The highest BCUT2D eigenvalue weighted by Gasteiger charge is 2.34. The zero-order valence-electron chi connectivity index (χ0n) is 17.4. The third-order valence-corrected chi connectivity index (χ3v) is 7.17. The highest BCUT2D eigenvalue weighted by Crippen LogP contribution is 2.34. The molecule has 2 aromatic heterocycles. The summed E-state index contributed by atoms with van der Waals surface area (Å²) in [5.41, 5.74) is 1.81. The summed E-state index contributed by atoms with van der Waals surface area (Å²) in [6.07, 6.45) is 0.602. The molecule has 0 spiro atoms. The number of amides is 2. The minimum Gasteiger partial charge on any atom is -0.383 e. The molecule has 3 aromatic rings. The molecule has 0 saturated carbocycles. The predicted octanol–water partition coefficient (Wildman–Crippen LogP) is 4.93. The lowest BCUT2D eigenvalue weighted by atomic mass is 10.0.